The lowest BCUT2D eigenvalue weighted by Gasteiger charge is -2.14. The van der Waals surface area contributed by atoms with Crippen LogP contribution < -0.4 is 21.1 Å². The van der Waals surface area contributed by atoms with Crippen LogP contribution in [0, 0.1) is 6.92 Å². The maximum absolute atomic E-state index is 12.6. The molecule has 0 aliphatic heterocycles. The minimum atomic E-state index is -0.310. The molecule has 0 atom stereocenters. The first-order valence-electron chi connectivity index (χ1n) is 8.14. The highest BCUT2D eigenvalue weighted by molar-refractivity contribution is 6.10. The fraction of sp³-hybridized carbons (Fsp3) is 0.263. The Morgan fingerprint density at radius 3 is 2.46 bits per heavy atom. The molecule has 2 amide bonds. The number of nitrogens with one attached hydrogen (secondary N) is 2. The van der Waals surface area contributed by atoms with Gasteiger partial charge in [0.05, 0.1) is 18.4 Å². The second-order valence-corrected chi connectivity index (χ2v) is 6.19. The molecule has 3 rings (SSSR count). The number of carbonyl (C=O) groups excluding carboxylic acids is 2. The van der Waals surface area contributed by atoms with Crippen LogP contribution in [-0.2, 0) is 0 Å². The molecule has 2 aromatic carbocycles. The molecule has 6 nitrogen and oxygen atoms in total. The Morgan fingerprint density at radius 2 is 1.81 bits per heavy atom. The highest BCUT2D eigenvalue weighted by Gasteiger charge is 2.25. The predicted molar refractivity (Wildman–Crippen MR) is 104 cm³/mol. The van der Waals surface area contributed by atoms with E-state index < -0.39 is 0 Å². The number of rotatable bonds is 5. The number of benzene rings is 2. The zero-order valence-electron chi connectivity index (χ0n) is 14.7. The van der Waals surface area contributed by atoms with Crippen molar-refractivity contribution in [2.24, 2.45) is 0 Å². The Kier molecular flexibility index (Phi) is 6.10. The molecule has 138 valence electrons. The highest BCUT2D eigenvalue weighted by Crippen LogP contribution is 2.26. The number of nitrogens with two attached hydrogens (primary N) is 1. The van der Waals surface area contributed by atoms with Crippen LogP contribution in [-0.4, -0.2) is 25.0 Å². The minimum Gasteiger partial charge on any atom is -0.497 e. The molecule has 1 aliphatic carbocycles. The molecule has 1 fully saturated rings. The highest BCUT2D eigenvalue weighted by atomic mass is 35.5. The molecule has 2 aromatic rings. The first-order chi connectivity index (χ1) is 12.0. The molecule has 0 saturated heterocycles. The standard InChI is InChI=1S/C19H21N3O3.ClH/c1-11-3-4-12(20)9-15(11)18(23)22-17-8-7-14(25-2)10-16(17)19(24)21-13-5-6-13;/h3-4,7-10,13H,5-6,20H2,1-2H3,(H,21,24)(H,22,23);1H. The minimum absolute atomic E-state index is 0. The third-order valence-corrected chi connectivity index (χ3v) is 4.14. The number of hydrogen-bond donors (Lipinski definition) is 3. The molecule has 0 unspecified atom stereocenters. The van der Waals surface area contributed by atoms with Crippen LogP contribution >= 0.6 is 12.4 Å². The number of anilines is 2. The van der Waals surface area contributed by atoms with E-state index in [1.165, 1.54) is 7.11 Å². The molecular weight excluding hydrogens is 354 g/mol. The van der Waals surface area contributed by atoms with Crippen molar-refractivity contribution >= 4 is 35.6 Å². The molecule has 7 heteroatoms. The number of ether oxygens (including phenoxy) is 1. The fourth-order valence-electron chi connectivity index (χ4n) is 2.51. The van der Waals surface area contributed by atoms with E-state index in [2.05, 4.69) is 10.6 Å². The van der Waals surface area contributed by atoms with Gasteiger partial charge in [0.15, 0.2) is 0 Å². The summed E-state index contributed by atoms with van der Waals surface area (Å²) >= 11 is 0. The Morgan fingerprint density at radius 1 is 1.08 bits per heavy atom. The third-order valence-electron chi connectivity index (χ3n) is 4.14. The van der Waals surface area contributed by atoms with Crippen LogP contribution in [0.3, 0.4) is 0 Å². The average Bonchev–Trinajstić information content (AvgIpc) is 3.41. The van der Waals surface area contributed by atoms with E-state index in [1.807, 2.05) is 6.92 Å². The molecule has 0 bridgehead atoms. The van der Waals surface area contributed by atoms with Crippen molar-refractivity contribution in [3.8, 4) is 5.75 Å². The largest absolute Gasteiger partial charge is 0.497 e. The van der Waals surface area contributed by atoms with Gasteiger partial charge in [-0.15, -0.1) is 12.4 Å². The van der Waals surface area contributed by atoms with Crippen LogP contribution in [0.15, 0.2) is 36.4 Å². The number of halogens is 1. The summed E-state index contributed by atoms with van der Waals surface area (Å²) in [4.78, 5) is 25.1. The fourth-order valence-corrected chi connectivity index (χ4v) is 2.51. The van der Waals surface area contributed by atoms with E-state index in [0.717, 1.165) is 18.4 Å². The van der Waals surface area contributed by atoms with Gasteiger partial charge in [0.2, 0.25) is 0 Å². The van der Waals surface area contributed by atoms with Gasteiger partial charge in [0, 0.05) is 17.3 Å². The first kappa shape index (κ1) is 19.6. The summed E-state index contributed by atoms with van der Waals surface area (Å²) in [5.41, 5.74) is 8.38. The monoisotopic (exact) mass is 375 g/mol. The molecule has 4 N–H and O–H groups in total. The summed E-state index contributed by atoms with van der Waals surface area (Å²) in [6.45, 7) is 1.84. The summed E-state index contributed by atoms with van der Waals surface area (Å²) in [6, 6.07) is 10.4. The van der Waals surface area contributed by atoms with Crippen molar-refractivity contribution in [2.75, 3.05) is 18.2 Å². The number of amides is 2. The van der Waals surface area contributed by atoms with Crippen LogP contribution in [0.1, 0.15) is 39.1 Å². The molecule has 0 radical (unpaired) electrons. The summed E-state index contributed by atoms with van der Waals surface area (Å²) in [5.74, 6) is 0.0236. The van der Waals surface area contributed by atoms with E-state index >= 15 is 0 Å². The Labute approximate surface area is 158 Å². The Bertz CT molecular complexity index is 835. The summed E-state index contributed by atoms with van der Waals surface area (Å²) < 4.78 is 5.20. The van der Waals surface area contributed by atoms with Gasteiger partial charge < -0.3 is 21.1 Å². The maximum atomic E-state index is 12.6. The number of aryl methyl sites for hydroxylation is 1. The molecule has 0 spiro atoms. The average molecular weight is 376 g/mol. The zero-order valence-corrected chi connectivity index (χ0v) is 15.5. The number of methoxy groups -OCH3 is 1. The van der Waals surface area contributed by atoms with Crippen LogP contribution in [0.25, 0.3) is 0 Å². The van der Waals surface area contributed by atoms with Crippen LogP contribution in [0.2, 0.25) is 0 Å². The Hall–Kier alpha value is -2.73. The van der Waals surface area contributed by atoms with Crippen molar-refractivity contribution in [1.29, 1.82) is 0 Å². The Balaban J connectivity index is 0.00000243. The molecule has 26 heavy (non-hydrogen) atoms. The number of carbonyl (C=O) groups is 2. The topological polar surface area (TPSA) is 93.4 Å². The SMILES string of the molecule is COc1ccc(NC(=O)c2cc(N)ccc2C)c(C(=O)NC2CC2)c1.Cl. The van der Waals surface area contributed by atoms with Gasteiger partial charge in [-0.05, 0) is 55.7 Å². The number of hydrogen-bond acceptors (Lipinski definition) is 4. The van der Waals surface area contributed by atoms with Crippen molar-refractivity contribution in [3.05, 3.63) is 53.1 Å². The lowest BCUT2D eigenvalue weighted by molar-refractivity contribution is 0.0951. The first-order valence-corrected chi connectivity index (χ1v) is 8.14. The van der Waals surface area contributed by atoms with E-state index in [0.29, 0.717) is 28.3 Å². The third kappa shape index (κ3) is 4.46. The van der Waals surface area contributed by atoms with Crippen molar-refractivity contribution in [3.63, 3.8) is 0 Å². The van der Waals surface area contributed by atoms with Gasteiger partial charge in [-0.3, -0.25) is 9.59 Å². The van der Waals surface area contributed by atoms with Gasteiger partial charge in [0.1, 0.15) is 5.75 Å². The van der Waals surface area contributed by atoms with Crippen molar-refractivity contribution in [2.45, 2.75) is 25.8 Å². The second-order valence-electron chi connectivity index (χ2n) is 6.19. The smallest absolute Gasteiger partial charge is 0.256 e. The summed E-state index contributed by atoms with van der Waals surface area (Å²) in [5, 5.41) is 5.74. The molecule has 1 saturated carbocycles. The number of nitrogen functional groups attached to an aromatic ring is 1. The maximum Gasteiger partial charge on any atom is 0.256 e. The molecule has 0 aromatic heterocycles. The van der Waals surface area contributed by atoms with Crippen LogP contribution in [0.4, 0.5) is 11.4 Å². The predicted octanol–water partition coefficient (Wildman–Crippen LogP) is 3.15. The van der Waals surface area contributed by atoms with Crippen LogP contribution in [0.5, 0.6) is 5.75 Å². The summed E-state index contributed by atoms with van der Waals surface area (Å²) in [7, 11) is 1.53. The van der Waals surface area contributed by atoms with Gasteiger partial charge in [-0.25, -0.2) is 0 Å². The van der Waals surface area contributed by atoms with Gasteiger partial charge in [-0.2, -0.15) is 0 Å². The molecule has 1 aliphatic rings. The van der Waals surface area contributed by atoms with Crippen molar-refractivity contribution in [1.82, 2.24) is 5.32 Å². The second kappa shape index (κ2) is 8.10. The quantitative estimate of drug-likeness (QED) is 0.700. The van der Waals surface area contributed by atoms with Gasteiger partial charge >= 0.3 is 0 Å². The van der Waals surface area contributed by atoms with Crippen molar-refractivity contribution < 1.29 is 14.3 Å². The van der Waals surface area contributed by atoms with Gasteiger partial charge in [-0.1, -0.05) is 6.07 Å². The van der Waals surface area contributed by atoms with Gasteiger partial charge in [0.25, 0.3) is 11.8 Å². The molecule has 0 heterocycles. The normalized spacial score (nSPS) is 12.7. The van der Waals surface area contributed by atoms with E-state index in [-0.39, 0.29) is 30.3 Å². The lowest BCUT2D eigenvalue weighted by atomic mass is 10.1. The lowest BCUT2D eigenvalue weighted by Crippen LogP contribution is -2.27. The van der Waals surface area contributed by atoms with E-state index in [9.17, 15) is 9.59 Å². The van der Waals surface area contributed by atoms with E-state index in [4.69, 9.17) is 10.5 Å². The van der Waals surface area contributed by atoms with E-state index in [1.54, 1.807) is 36.4 Å². The zero-order chi connectivity index (χ0) is 18.0. The summed E-state index contributed by atoms with van der Waals surface area (Å²) in [6.07, 6.45) is 1.97. The molecular formula is C19H22ClN3O3.